The van der Waals surface area contributed by atoms with Crippen LogP contribution in [0.4, 0.5) is 0 Å². The minimum absolute atomic E-state index is 0.0713. The second kappa shape index (κ2) is 7.72. The maximum atomic E-state index is 12.5. The summed E-state index contributed by atoms with van der Waals surface area (Å²) in [6.07, 6.45) is 2.70. The fourth-order valence-electron chi connectivity index (χ4n) is 3.80. The zero-order valence-electron chi connectivity index (χ0n) is 16.5. The van der Waals surface area contributed by atoms with Crippen molar-refractivity contribution in [2.45, 2.75) is 19.4 Å². The molecule has 0 aliphatic carbocycles. The molecule has 6 heteroatoms. The van der Waals surface area contributed by atoms with Crippen LogP contribution in [0.5, 0.6) is 0 Å². The molecule has 5 nitrogen and oxygen atoms in total. The Balaban J connectivity index is 1.62. The highest BCUT2D eigenvalue weighted by Gasteiger charge is 2.35. The number of hydrazone groups is 1. The molecule has 0 saturated carbocycles. The first-order valence-corrected chi connectivity index (χ1v) is 10.7. The van der Waals surface area contributed by atoms with E-state index in [9.17, 15) is 4.79 Å². The molecule has 2 aromatic heterocycles. The van der Waals surface area contributed by atoms with Gasteiger partial charge in [-0.1, -0.05) is 54.6 Å². The number of aromatic nitrogens is 2. The molecule has 4 aromatic rings. The molecule has 148 valence electrons. The van der Waals surface area contributed by atoms with Crippen molar-refractivity contribution in [3.05, 3.63) is 94.8 Å². The number of nitrogens with zero attached hydrogens (tertiary/aromatic N) is 4. The van der Waals surface area contributed by atoms with Crippen LogP contribution in [0.2, 0.25) is 0 Å². The van der Waals surface area contributed by atoms with Crippen LogP contribution in [0.25, 0.3) is 16.9 Å². The lowest BCUT2D eigenvalue weighted by molar-refractivity contribution is -0.130. The van der Waals surface area contributed by atoms with E-state index in [-0.39, 0.29) is 11.9 Å². The normalized spacial score (nSPS) is 16.0. The van der Waals surface area contributed by atoms with Gasteiger partial charge in [0.25, 0.3) is 0 Å². The van der Waals surface area contributed by atoms with Gasteiger partial charge in [-0.15, -0.1) is 11.3 Å². The van der Waals surface area contributed by atoms with Crippen LogP contribution in [-0.4, -0.2) is 26.4 Å². The molecule has 1 amide bonds. The van der Waals surface area contributed by atoms with Crippen LogP contribution in [0, 0.1) is 0 Å². The fraction of sp³-hybridized carbons (Fsp3) is 0.125. The first-order valence-electron chi connectivity index (χ1n) is 9.82. The lowest BCUT2D eigenvalue weighted by Crippen LogP contribution is -2.24. The van der Waals surface area contributed by atoms with Crippen molar-refractivity contribution in [3.8, 4) is 16.9 Å². The maximum Gasteiger partial charge on any atom is 0.240 e. The summed E-state index contributed by atoms with van der Waals surface area (Å²) < 4.78 is 1.89. The summed E-state index contributed by atoms with van der Waals surface area (Å²) >= 11 is 1.64. The Morgan fingerprint density at radius 2 is 1.73 bits per heavy atom. The van der Waals surface area contributed by atoms with Gasteiger partial charge < -0.3 is 0 Å². The van der Waals surface area contributed by atoms with Crippen molar-refractivity contribution in [2.75, 3.05) is 0 Å². The molecule has 1 aliphatic rings. The van der Waals surface area contributed by atoms with E-state index >= 15 is 0 Å². The SMILES string of the molecule is CC(=O)N1N=C(c2cccs2)C[C@H]1c1cn(-c2ccccc2)nc1-c1ccccc1. The molecule has 0 N–H and O–H groups in total. The number of para-hydroxylation sites is 1. The molecule has 1 aliphatic heterocycles. The number of hydrogen-bond donors (Lipinski definition) is 0. The van der Waals surface area contributed by atoms with Crippen molar-refractivity contribution in [2.24, 2.45) is 5.10 Å². The summed E-state index contributed by atoms with van der Waals surface area (Å²) in [6.45, 7) is 1.57. The van der Waals surface area contributed by atoms with E-state index in [1.54, 1.807) is 23.3 Å². The molecule has 0 saturated heterocycles. The molecule has 30 heavy (non-hydrogen) atoms. The third-order valence-electron chi connectivity index (χ3n) is 5.21. The molecule has 0 fully saturated rings. The molecule has 2 aromatic carbocycles. The van der Waals surface area contributed by atoms with Crippen LogP contribution < -0.4 is 0 Å². The standard InChI is InChI=1S/C24H20N4OS/c1-17(29)28-22(15-21(25-28)23-13-8-14-30-23)20-16-27(19-11-6-3-7-12-19)26-24(20)18-9-4-2-5-10-18/h2-14,16,22H,15H2,1H3/t22-/m0/s1. The van der Waals surface area contributed by atoms with Crippen molar-refractivity contribution < 1.29 is 4.79 Å². The quantitative estimate of drug-likeness (QED) is 0.457. The highest BCUT2D eigenvalue weighted by Crippen LogP contribution is 2.38. The summed E-state index contributed by atoms with van der Waals surface area (Å²) in [6, 6.07) is 24.0. The van der Waals surface area contributed by atoms with Crippen LogP contribution in [-0.2, 0) is 4.79 Å². The van der Waals surface area contributed by atoms with Crippen LogP contribution in [0.1, 0.15) is 29.8 Å². The van der Waals surface area contributed by atoms with Gasteiger partial charge in [-0.05, 0) is 23.6 Å². The van der Waals surface area contributed by atoms with Crippen LogP contribution in [0.15, 0.2) is 89.5 Å². The van der Waals surface area contributed by atoms with E-state index in [0.29, 0.717) is 6.42 Å². The van der Waals surface area contributed by atoms with Gasteiger partial charge >= 0.3 is 0 Å². The lowest BCUT2D eigenvalue weighted by Gasteiger charge is -2.20. The lowest BCUT2D eigenvalue weighted by atomic mass is 9.98. The van der Waals surface area contributed by atoms with Gasteiger partial charge in [-0.2, -0.15) is 10.2 Å². The number of amides is 1. The Kier molecular flexibility index (Phi) is 4.77. The molecule has 1 atom stereocenters. The topological polar surface area (TPSA) is 50.5 Å². The second-order valence-corrected chi connectivity index (χ2v) is 8.13. The molecule has 0 bridgehead atoms. The third kappa shape index (κ3) is 3.35. The minimum Gasteiger partial charge on any atom is -0.273 e. The smallest absolute Gasteiger partial charge is 0.240 e. The average Bonchev–Trinajstić information content (AvgIpc) is 3.53. The number of thiophene rings is 1. The number of carbonyl (C=O) groups is 1. The predicted molar refractivity (Wildman–Crippen MR) is 120 cm³/mol. The van der Waals surface area contributed by atoms with E-state index in [1.807, 2.05) is 70.9 Å². The summed E-state index contributed by atoms with van der Waals surface area (Å²) in [5.74, 6) is -0.0713. The van der Waals surface area contributed by atoms with E-state index < -0.39 is 0 Å². The molecule has 3 heterocycles. The first-order chi connectivity index (χ1) is 14.7. The molecule has 5 rings (SSSR count). The van der Waals surface area contributed by atoms with E-state index in [4.69, 9.17) is 5.10 Å². The van der Waals surface area contributed by atoms with Crippen molar-refractivity contribution in [1.29, 1.82) is 0 Å². The van der Waals surface area contributed by atoms with Gasteiger partial charge in [0, 0.05) is 30.7 Å². The predicted octanol–water partition coefficient (Wildman–Crippen LogP) is 5.30. The van der Waals surface area contributed by atoms with Gasteiger partial charge in [0.1, 0.15) is 0 Å². The number of rotatable bonds is 4. The van der Waals surface area contributed by atoms with Crippen molar-refractivity contribution >= 4 is 23.0 Å². The number of benzene rings is 2. The monoisotopic (exact) mass is 412 g/mol. The Morgan fingerprint density at radius 1 is 1.00 bits per heavy atom. The number of carbonyl (C=O) groups excluding carboxylic acids is 1. The first kappa shape index (κ1) is 18.5. The van der Waals surface area contributed by atoms with E-state index in [1.165, 1.54) is 0 Å². The summed E-state index contributed by atoms with van der Waals surface area (Å²) in [4.78, 5) is 13.6. The van der Waals surface area contributed by atoms with E-state index in [2.05, 4.69) is 23.3 Å². The molecule has 0 radical (unpaired) electrons. The summed E-state index contributed by atoms with van der Waals surface area (Å²) in [5, 5.41) is 13.2. The summed E-state index contributed by atoms with van der Waals surface area (Å²) in [5.41, 5.74) is 4.81. The largest absolute Gasteiger partial charge is 0.273 e. The van der Waals surface area contributed by atoms with Crippen molar-refractivity contribution in [3.63, 3.8) is 0 Å². The molecule has 0 spiro atoms. The Morgan fingerprint density at radius 3 is 2.40 bits per heavy atom. The highest BCUT2D eigenvalue weighted by atomic mass is 32.1. The van der Waals surface area contributed by atoms with Gasteiger partial charge in [-0.3, -0.25) is 4.79 Å². The third-order valence-corrected chi connectivity index (χ3v) is 6.13. The highest BCUT2D eigenvalue weighted by molar-refractivity contribution is 7.12. The zero-order valence-corrected chi connectivity index (χ0v) is 17.3. The minimum atomic E-state index is -0.188. The molecular weight excluding hydrogens is 392 g/mol. The van der Waals surface area contributed by atoms with Crippen LogP contribution >= 0.6 is 11.3 Å². The Bertz CT molecular complexity index is 1200. The van der Waals surface area contributed by atoms with Gasteiger partial charge in [0.2, 0.25) is 5.91 Å². The number of hydrogen-bond acceptors (Lipinski definition) is 4. The van der Waals surface area contributed by atoms with Crippen molar-refractivity contribution in [1.82, 2.24) is 14.8 Å². The molecule has 0 unspecified atom stereocenters. The summed E-state index contributed by atoms with van der Waals surface area (Å²) in [7, 11) is 0. The van der Waals surface area contributed by atoms with Crippen LogP contribution in [0.3, 0.4) is 0 Å². The fourth-order valence-corrected chi connectivity index (χ4v) is 4.52. The average molecular weight is 413 g/mol. The molecular formula is C24H20N4OS. The van der Waals surface area contributed by atoms with E-state index in [0.717, 1.165) is 33.1 Å². The van der Waals surface area contributed by atoms with Gasteiger partial charge in [0.15, 0.2) is 0 Å². The zero-order chi connectivity index (χ0) is 20.5. The van der Waals surface area contributed by atoms with Gasteiger partial charge in [-0.25, -0.2) is 9.69 Å². The second-order valence-electron chi connectivity index (χ2n) is 7.19. The van der Waals surface area contributed by atoms with Gasteiger partial charge in [0.05, 0.1) is 28.0 Å². The Labute approximate surface area is 178 Å². The Hall–Kier alpha value is -3.51. The maximum absolute atomic E-state index is 12.5.